The summed E-state index contributed by atoms with van der Waals surface area (Å²) in [4.78, 5) is 28.1. The van der Waals surface area contributed by atoms with Gasteiger partial charge in [-0.05, 0) is 37.1 Å². The second-order valence-corrected chi connectivity index (χ2v) is 8.88. The van der Waals surface area contributed by atoms with Gasteiger partial charge in [0.05, 0.1) is 42.7 Å². The van der Waals surface area contributed by atoms with Crippen LogP contribution in [-0.2, 0) is 14.3 Å². The van der Waals surface area contributed by atoms with Crippen molar-refractivity contribution in [2.24, 2.45) is 16.1 Å². The number of halogens is 1. The number of ether oxygens (including phenoxy) is 2. The second-order valence-electron chi connectivity index (χ2n) is 8.88. The zero-order valence-corrected chi connectivity index (χ0v) is 20.0. The molecule has 11 heteroatoms. The molecule has 1 fully saturated rings. The summed E-state index contributed by atoms with van der Waals surface area (Å²) in [7, 11) is 0. The van der Waals surface area contributed by atoms with Gasteiger partial charge in [0, 0.05) is 25.8 Å². The minimum Gasteiger partial charge on any atom is -0.355 e. The summed E-state index contributed by atoms with van der Waals surface area (Å²) >= 11 is 0. The molecule has 3 heterocycles. The molecule has 35 heavy (non-hydrogen) atoms. The molecule has 1 amide bonds. The van der Waals surface area contributed by atoms with E-state index < -0.39 is 17.9 Å². The van der Waals surface area contributed by atoms with Gasteiger partial charge in [-0.3, -0.25) is 9.79 Å². The number of rotatable bonds is 9. The first-order chi connectivity index (χ1) is 16.9. The molecule has 1 aromatic carbocycles. The Kier molecular flexibility index (Phi) is 8.01. The lowest BCUT2D eigenvalue weighted by atomic mass is 9.91. The highest BCUT2D eigenvalue weighted by Gasteiger charge is 2.44. The van der Waals surface area contributed by atoms with Crippen molar-refractivity contribution in [1.82, 2.24) is 20.2 Å². The van der Waals surface area contributed by atoms with E-state index >= 15 is 0 Å². The number of nitrogens with one attached hydrogen (secondary N) is 2. The lowest BCUT2D eigenvalue weighted by Crippen LogP contribution is -2.54. The molecule has 0 spiro atoms. The minimum atomic E-state index is -0.781. The third-order valence-corrected chi connectivity index (χ3v) is 5.97. The molecular formula is C24H32FN7O3. The van der Waals surface area contributed by atoms with E-state index in [0.717, 1.165) is 12.0 Å². The van der Waals surface area contributed by atoms with Crippen molar-refractivity contribution < 1.29 is 18.7 Å². The Bertz CT molecular complexity index is 1040. The standard InChI is InChI=1S/C24H32FN7O3/c1-3-10-27-21(33)24(2)13-34-23(35-14-24)32-15-30-19(20(32)16-4-6-17(25)7-5-16)18-8-11-28-22(31-18)29-12-9-26/h4-8,11,20,23H,3,9-10,12-15,26H2,1-2H3,(H,27,33)(H,28,29,31). The van der Waals surface area contributed by atoms with E-state index in [1.165, 1.54) is 12.1 Å². The van der Waals surface area contributed by atoms with Crippen LogP contribution < -0.4 is 16.4 Å². The average molecular weight is 486 g/mol. The smallest absolute Gasteiger partial charge is 0.230 e. The number of carbonyl (C=O) groups is 1. The quantitative estimate of drug-likeness (QED) is 0.489. The number of aromatic nitrogens is 2. The summed E-state index contributed by atoms with van der Waals surface area (Å²) in [5, 5.41) is 5.99. The number of nitrogens with two attached hydrogens (primary N) is 1. The number of anilines is 1. The van der Waals surface area contributed by atoms with E-state index in [4.69, 9.17) is 20.2 Å². The second kappa shape index (κ2) is 11.2. The molecule has 0 radical (unpaired) electrons. The van der Waals surface area contributed by atoms with Crippen LogP contribution in [0.15, 0.2) is 41.5 Å². The Morgan fingerprint density at radius 3 is 2.66 bits per heavy atom. The molecule has 2 aromatic rings. The Morgan fingerprint density at radius 1 is 1.23 bits per heavy atom. The third-order valence-electron chi connectivity index (χ3n) is 5.97. The first-order valence-corrected chi connectivity index (χ1v) is 11.8. The van der Waals surface area contributed by atoms with Crippen LogP contribution >= 0.6 is 0 Å². The van der Waals surface area contributed by atoms with Gasteiger partial charge in [0.15, 0.2) is 0 Å². The van der Waals surface area contributed by atoms with Crippen LogP contribution in [0.2, 0.25) is 0 Å². The first-order valence-electron chi connectivity index (χ1n) is 11.8. The fourth-order valence-electron chi connectivity index (χ4n) is 4.03. The Labute approximate surface area is 204 Å². The summed E-state index contributed by atoms with van der Waals surface area (Å²) in [6.07, 6.45) is 1.78. The van der Waals surface area contributed by atoms with E-state index in [1.54, 1.807) is 24.4 Å². The summed E-state index contributed by atoms with van der Waals surface area (Å²) in [6.45, 7) is 6.12. The molecule has 4 rings (SSSR count). The maximum atomic E-state index is 13.7. The Morgan fingerprint density at radius 2 is 1.97 bits per heavy atom. The van der Waals surface area contributed by atoms with Gasteiger partial charge in [0.25, 0.3) is 0 Å². The average Bonchev–Trinajstić information content (AvgIpc) is 3.32. The normalized spacial score (nSPS) is 24.7. The lowest BCUT2D eigenvalue weighted by Gasteiger charge is -2.41. The van der Waals surface area contributed by atoms with E-state index in [9.17, 15) is 9.18 Å². The van der Waals surface area contributed by atoms with E-state index in [1.807, 2.05) is 18.7 Å². The van der Waals surface area contributed by atoms with Crippen molar-refractivity contribution >= 4 is 17.6 Å². The fourth-order valence-corrected chi connectivity index (χ4v) is 4.03. The van der Waals surface area contributed by atoms with Gasteiger partial charge < -0.3 is 25.8 Å². The Hall–Kier alpha value is -2.99. The van der Waals surface area contributed by atoms with Crippen LogP contribution in [0.3, 0.4) is 0 Å². The number of carbonyl (C=O) groups excluding carboxylic acids is 1. The van der Waals surface area contributed by atoms with Gasteiger partial charge in [-0.15, -0.1) is 0 Å². The summed E-state index contributed by atoms with van der Waals surface area (Å²) in [5.74, 6) is 0.0295. The maximum absolute atomic E-state index is 13.7. The van der Waals surface area contributed by atoms with Crippen LogP contribution in [0, 0.1) is 11.2 Å². The van der Waals surface area contributed by atoms with Crippen LogP contribution in [0.25, 0.3) is 0 Å². The number of hydrogen-bond donors (Lipinski definition) is 3. The molecule has 0 bridgehead atoms. The topological polar surface area (TPSA) is 127 Å². The Balaban J connectivity index is 1.56. The summed E-state index contributed by atoms with van der Waals surface area (Å²) in [5.41, 5.74) is 6.94. The van der Waals surface area contributed by atoms with Crippen LogP contribution in [0.4, 0.5) is 10.3 Å². The molecule has 4 N–H and O–H groups in total. The molecule has 1 atom stereocenters. The molecule has 0 aliphatic carbocycles. The highest BCUT2D eigenvalue weighted by atomic mass is 19.1. The van der Waals surface area contributed by atoms with E-state index in [-0.39, 0.29) is 31.6 Å². The van der Waals surface area contributed by atoms with Gasteiger partial charge in [-0.25, -0.2) is 19.3 Å². The van der Waals surface area contributed by atoms with E-state index in [2.05, 4.69) is 20.6 Å². The van der Waals surface area contributed by atoms with Crippen molar-refractivity contribution in [1.29, 1.82) is 0 Å². The van der Waals surface area contributed by atoms with Crippen LogP contribution in [0.5, 0.6) is 0 Å². The zero-order chi connectivity index (χ0) is 24.8. The molecule has 188 valence electrons. The van der Waals surface area contributed by atoms with Crippen molar-refractivity contribution in [3.8, 4) is 0 Å². The fraction of sp³-hybridized carbons (Fsp3) is 0.500. The van der Waals surface area contributed by atoms with Crippen molar-refractivity contribution in [2.45, 2.75) is 32.7 Å². The van der Waals surface area contributed by atoms with E-state index in [0.29, 0.717) is 37.0 Å². The monoisotopic (exact) mass is 485 g/mol. The van der Waals surface area contributed by atoms with Crippen LogP contribution in [-0.4, -0.2) is 72.4 Å². The molecule has 2 aliphatic heterocycles. The molecule has 0 saturated carbocycles. The highest BCUT2D eigenvalue weighted by molar-refractivity contribution is 6.04. The first kappa shape index (κ1) is 25.1. The molecular weight excluding hydrogens is 453 g/mol. The number of benzene rings is 1. The van der Waals surface area contributed by atoms with Gasteiger partial charge in [0.1, 0.15) is 5.82 Å². The predicted molar refractivity (Wildman–Crippen MR) is 129 cm³/mol. The predicted octanol–water partition coefficient (Wildman–Crippen LogP) is 1.65. The molecule has 1 saturated heterocycles. The number of nitrogens with zero attached hydrogens (tertiary/aromatic N) is 4. The number of hydrogen-bond acceptors (Lipinski definition) is 9. The molecule has 2 aliphatic rings. The molecule has 1 aromatic heterocycles. The van der Waals surface area contributed by atoms with Gasteiger partial charge in [0.2, 0.25) is 18.3 Å². The summed E-state index contributed by atoms with van der Waals surface area (Å²) in [6, 6.07) is 7.65. The SMILES string of the molecule is CCCNC(=O)C1(C)COC(N2CN=C(c3ccnc(NCCN)n3)C2c2ccc(F)cc2)OC1. The molecule has 1 unspecified atom stereocenters. The van der Waals surface area contributed by atoms with Gasteiger partial charge in [-0.1, -0.05) is 19.1 Å². The number of aliphatic imine (C=N–C) groups is 1. The lowest BCUT2D eigenvalue weighted by molar-refractivity contribution is -0.283. The summed E-state index contributed by atoms with van der Waals surface area (Å²) < 4.78 is 25.8. The highest BCUT2D eigenvalue weighted by Crippen LogP contribution is 2.35. The third kappa shape index (κ3) is 5.64. The number of amides is 1. The van der Waals surface area contributed by atoms with Crippen molar-refractivity contribution in [3.05, 3.63) is 53.6 Å². The zero-order valence-electron chi connectivity index (χ0n) is 20.0. The maximum Gasteiger partial charge on any atom is 0.230 e. The van der Waals surface area contributed by atoms with Crippen LogP contribution in [0.1, 0.15) is 37.6 Å². The largest absolute Gasteiger partial charge is 0.355 e. The van der Waals surface area contributed by atoms with Gasteiger partial charge >= 0.3 is 0 Å². The molecule has 10 nitrogen and oxygen atoms in total. The minimum absolute atomic E-state index is 0.0928. The van der Waals surface area contributed by atoms with Crippen molar-refractivity contribution in [3.63, 3.8) is 0 Å². The van der Waals surface area contributed by atoms with Crippen molar-refractivity contribution in [2.75, 3.05) is 44.8 Å². The van der Waals surface area contributed by atoms with Gasteiger partial charge in [-0.2, -0.15) is 0 Å².